The van der Waals surface area contributed by atoms with E-state index in [4.69, 9.17) is 4.42 Å². The van der Waals surface area contributed by atoms with Crippen LogP contribution in [0.3, 0.4) is 0 Å². The predicted molar refractivity (Wildman–Crippen MR) is 248 cm³/mol. The van der Waals surface area contributed by atoms with Gasteiger partial charge in [-0.05, 0) is 110 Å². The van der Waals surface area contributed by atoms with Crippen LogP contribution in [0.4, 0.5) is 17.1 Å². The molecule has 0 bridgehead atoms. The Bertz CT molecular complexity index is 3170. The number of nitrogens with zero attached hydrogens (tertiary/aromatic N) is 1. The number of benzene rings is 9. The Morgan fingerprint density at radius 2 is 0.898 bits per heavy atom. The summed E-state index contributed by atoms with van der Waals surface area (Å²) in [6.07, 6.45) is 0. The second kappa shape index (κ2) is 13.9. The molecule has 2 heteroatoms. The summed E-state index contributed by atoms with van der Waals surface area (Å²) in [4.78, 5) is 2.41. The highest BCUT2D eigenvalue weighted by atomic mass is 16.3. The summed E-state index contributed by atoms with van der Waals surface area (Å²) in [5.41, 5.74) is 19.6. The zero-order valence-corrected chi connectivity index (χ0v) is 33.1. The molecule has 11 rings (SSSR count). The third-order valence-electron chi connectivity index (χ3n) is 12.3. The van der Waals surface area contributed by atoms with Crippen LogP contribution in [0.2, 0.25) is 0 Å². The molecule has 0 N–H and O–H groups in total. The standard InChI is InChI=1S/C57H41NO/c1-57(2)51-25-11-9-23-48(51)50-37-44(31-33-52(50)57)43-20-14-22-46(36-43)58(45-21-13-19-42(35-45)40-29-27-39(28-30-40)38-15-5-3-6-16-38)53-34-32-47(41-17-7-4-8-18-41)56-55(53)49-24-10-12-26-54(49)59-56/h3-37H,1-2H3. The normalized spacial score (nSPS) is 12.7. The Kier molecular flexibility index (Phi) is 8.20. The van der Waals surface area contributed by atoms with Crippen molar-refractivity contribution in [3.8, 4) is 55.6 Å². The number of furan rings is 1. The van der Waals surface area contributed by atoms with Gasteiger partial charge in [-0.2, -0.15) is 0 Å². The molecule has 0 aliphatic heterocycles. The van der Waals surface area contributed by atoms with E-state index in [1.165, 1.54) is 50.1 Å². The fourth-order valence-electron chi connectivity index (χ4n) is 9.30. The van der Waals surface area contributed by atoms with Gasteiger partial charge in [0.25, 0.3) is 0 Å². The Morgan fingerprint density at radius 1 is 0.373 bits per heavy atom. The maximum atomic E-state index is 6.80. The molecule has 1 aliphatic rings. The monoisotopic (exact) mass is 755 g/mol. The van der Waals surface area contributed by atoms with Gasteiger partial charge in [-0.15, -0.1) is 0 Å². The summed E-state index contributed by atoms with van der Waals surface area (Å²) >= 11 is 0. The van der Waals surface area contributed by atoms with Gasteiger partial charge in [-0.25, -0.2) is 0 Å². The van der Waals surface area contributed by atoms with E-state index in [2.05, 4.69) is 231 Å². The first-order valence-corrected chi connectivity index (χ1v) is 20.4. The smallest absolute Gasteiger partial charge is 0.145 e. The Morgan fingerprint density at radius 3 is 1.63 bits per heavy atom. The van der Waals surface area contributed by atoms with Gasteiger partial charge < -0.3 is 9.32 Å². The number of para-hydroxylation sites is 1. The van der Waals surface area contributed by atoms with Crippen molar-refractivity contribution in [2.75, 3.05) is 4.90 Å². The Labute approximate surface area is 345 Å². The number of rotatable bonds is 7. The highest BCUT2D eigenvalue weighted by Gasteiger charge is 2.35. The number of anilines is 3. The van der Waals surface area contributed by atoms with E-state index >= 15 is 0 Å². The largest absolute Gasteiger partial charge is 0.455 e. The fraction of sp³-hybridized carbons (Fsp3) is 0.0526. The molecule has 0 saturated carbocycles. The summed E-state index contributed by atoms with van der Waals surface area (Å²) < 4.78 is 6.80. The summed E-state index contributed by atoms with van der Waals surface area (Å²) in [5, 5.41) is 2.17. The van der Waals surface area contributed by atoms with E-state index in [1.807, 2.05) is 0 Å². The quantitative estimate of drug-likeness (QED) is 0.161. The molecule has 1 heterocycles. The molecule has 1 aliphatic carbocycles. The van der Waals surface area contributed by atoms with Crippen LogP contribution in [0.15, 0.2) is 217 Å². The van der Waals surface area contributed by atoms with Crippen LogP contribution in [-0.4, -0.2) is 0 Å². The van der Waals surface area contributed by atoms with Crippen molar-refractivity contribution in [2.24, 2.45) is 0 Å². The van der Waals surface area contributed by atoms with Crippen LogP contribution < -0.4 is 4.90 Å². The zero-order valence-electron chi connectivity index (χ0n) is 33.1. The Balaban J connectivity index is 1.10. The van der Waals surface area contributed by atoms with Crippen molar-refractivity contribution < 1.29 is 4.42 Å². The predicted octanol–water partition coefficient (Wildman–Crippen LogP) is 16.0. The van der Waals surface area contributed by atoms with Crippen molar-refractivity contribution in [3.63, 3.8) is 0 Å². The van der Waals surface area contributed by atoms with Crippen molar-refractivity contribution >= 4 is 39.0 Å². The first-order valence-electron chi connectivity index (χ1n) is 20.4. The molecular formula is C57H41NO. The van der Waals surface area contributed by atoms with Crippen molar-refractivity contribution in [2.45, 2.75) is 19.3 Å². The van der Waals surface area contributed by atoms with Gasteiger partial charge in [0.15, 0.2) is 0 Å². The van der Waals surface area contributed by atoms with Gasteiger partial charge in [0.1, 0.15) is 11.2 Å². The number of hydrogen-bond donors (Lipinski definition) is 0. The van der Waals surface area contributed by atoms with E-state index in [0.717, 1.165) is 55.7 Å². The molecule has 0 amide bonds. The lowest BCUT2D eigenvalue weighted by Crippen LogP contribution is -2.14. The first kappa shape index (κ1) is 34.8. The van der Waals surface area contributed by atoms with Crippen molar-refractivity contribution in [1.82, 2.24) is 0 Å². The average Bonchev–Trinajstić information content (AvgIpc) is 3.80. The second-order valence-electron chi connectivity index (χ2n) is 16.1. The van der Waals surface area contributed by atoms with Crippen LogP contribution in [0.5, 0.6) is 0 Å². The molecule has 1 aromatic heterocycles. The van der Waals surface area contributed by atoms with Crippen LogP contribution in [-0.2, 0) is 5.41 Å². The van der Waals surface area contributed by atoms with E-state index in [1.54, 1.807) is 0 Å². The SMILES string of the molecule is CC1(C)c2ccccc2-c2cc(-c3cccc(N(c4cccc(-c5ccc(-c6ccccc6)cc5)c4)c4ccc(-c5ccccc5)c5oc6ccccc6c45)c3)ccc21. The molecule has 2 nitrogen and oxygen atoms in total. The van der Waals surface area contributed by atoms with Gasteiger partial charge in [-0.1, -0.05) is 178 Å². The zero-order chi connectivity index (χ0) is 39.5. The topological polar surface area (TPSA) is 16.4 Å². The van der Waals surface area contributed by atoms with Gasteiger partial charge >= 0.3 is 0 Å². The molecule has 59 heavy (non-hydrogen) atoms. The van der Waals surface area contributed by atoms with Crippen LogP contribution in [0.1, 0.15) is 25.0 Å². The van der Waals surface area contributed by atoms with Crippen molar-refractivity contribution in [1.29, 1.82) is 0 Å². The number of fused-ring (bicyclic) bond motifs is 6. The Hall–Kier alpha value is -7.42. The van der Waals surface area contributed by atoms with E-state index in [-0.39, 0.29) is 5.41 Å². The summed E-state index contributed by atoms with van der Waals surface area (Å²) in [5.74, 6) is 0. The average molecular weight is 756 g/mol. The molecule has 10 aromatic rings. The maximum absolute atomic E-state index is 6.80. The van der Waals surface area contributed by atoms with Crippen LogP contribution in [0, 0.1) is 0 Å². The molecule has 0 fully saturated rings. The number of hydrogen-bond acceptors (Lipinski definition) is 2. The molecule has 0 saturated heterocycles. The second-order valence-corrected chi connectivity index (χ2v) is 16.1. The van der Waals surface area contributed by atoms with Gasteiger partial charge in [0.2, 0.25) is 0 Å². The first-order chi connectivity index (χ1) is 29.0. The molecule has 9 aromatic carbocycles. The fourth-order valence-corrected chi connectivity index (χ4v) is 9.30. The molecule has 0 atom stereocenters. The highest BCUT2D eigenvalue weighted by Crippen LogP contribution is 2.51. The summed E-state index contributed by atoms with van der Waals surface area (Å²) in [7, 11) is 0. The van der Waals surface area contributed by atoms with Gasteiger partial charge in [-0.3, -0.25) is 0 Å². The molecule has 280 valence electrons. The minimum atomic E-state index is -0.0410. The molecule has 0 unspecified atom stereocenters. The van der Waals surface area contributed by atoms with E-state index < -0.39 is 0 Å². The van der Waals surface area contributed by atoms with E-state index in [0.29, 0.717) is 0 Å². The minimum Gasteiger partial charge on any atom is -0.455 e. The summed E-state index contributed by atoms with van der Waals surface area (Å²) in [6, 6.07) is 76.8. The molecular weight excluding hydrogens is 715 g/mol. The maximum Gasteiger partial charge on any atom is 0.145 e. The lowest BCUT2D eigenvalue weighted by Gasteiger charge is -2.28. The van der Waals surface area contributed by atoms with Crippen LogP contribution >= 0.6 is 0 Å². The third kappa shape index (κ3) is 5.87. The van der Waals surface area contributed by atoms with Gasteiger partial charge in [0.05, 0.1) is 11.1 Å². The summed E-state index contributed by atoms with van der Waals surface area (Å²) in [6.45, 7) is 4.68. The molecule has 0 spiro atoms. The van der Waals surface area contributed by atoms with Gasteiger partial charge in [0, 0.05) is 27.7 Å². The lowest BCUT2D eigenvalue weighted by molar-refractivity contribution is 0.660. The van der Waals surface area contributed by atoms with Crippen LogP contribution in [0.25, 0.3) is 77.6 Å². The lowest BCUT2D eigenvalue weighted by atomic mass is 9.82. The molecule has 0 radical (unpaired) electrons. The third-order valence-corrected chi connectivity index (χ3v) is 12.3. The highest BCUT2D eigenvalue weighted by molar-refractivity contribution is 6.17. The minimum absolute atomic E-state index is 0.0410. The van der Waals surface area contributed by atoms with Crippen molar-refractivity contribution in [3.05, 3.63) is 223 Å². The van der Waals surface area contributed by atoms with E-state index in [9.17, 15) is 0 Å².